The van der Waals surface area contributed by atoms with Crippen LogP contribution in [0.15, 0.2) is 72.8 Å². The summed E-state index contributed by atoms with van der Waals surface area (Å²) >= 11 is 0. The van der Waals surface area contributed by atoms with Gasteiger partial charge in [-0.15, -0.1) is 0 Å². The molecule has 5 rings (SSSR count). The lowest BCUT2D eigenvalue weighted by Crippen LogP contribution is -2.24. The third kappa shape index (κ3) is 10.1. The lowest BCUT2D eigenvalue weighted by molar-refractivity contribution is -0.118. The molecule has 0 aromatic heterocycles. The molecular weight excluding hydrogens is 540 g/mol. The Kier molecular flexibility index (Phi) is 11.6. The molecule has 0 spiro atoms. The largest absolute Gasteiger partial charge is 0.508 e. The van der Waals surface area contributed by atoms with Crippen LogP contribution in [-0.4, -0.2) is 55.1 Å². The van der Waals surface area contributed by atoms with Gasteiger partial charge in [-0.2, -0.15) is 0 Å². The summed E-state index contributed by atoms with van der Waals surface area (Å²) in [7, 11) is 0. The van der Waals surface area contributed by atoms with E-state index in [2.05, 4.69) is 48.3 Å². The van der Waals surface area contributed by atoms with E-state index in [1.165, 1.54) is 11.1 Å². The Hall–Kier alpha value is -3.84. The Morgan fingerprint density at radius 1 is 0.791 bits per heavy atom. The standard InChI is InChI=1S/C21H25NO3.C15H21NO2/c1-15(13-16(2)23)17-3-9-20(10-4-17)25-21-11-12-22(14-21)18-5-7-19(24)8-6-18;1-11(9-12(2)17)13-3-5-14(6-4-13)18-15-7-8-16-10-15/h3-10,15,21,24H,11-14H2,1-2H3;3-6,11,15-16H,7-10H2,1-2H3/t15-,21-;11-,15-/m11/s1. The second-order valence-electron chi connectivity index (χ2n) is 12.0. The number of benzene rings is 3. The van der Waals surface area contributed by atoms with Gasteiger partial charge in [0.15, 0.2) is 0 Å². The van der Waals surface area contributed by atoms with Crippen LogP contribution in [0.1, 0.15) is 76.3 Å². The third-order valence-corrected chi connectivity index (χ3v) is 8.07. The van der Waals surface area contributed by atoms with Crippen molar-refractivity contribution in [2.75, 3.05) is 31.1 Å². The minimum absolute atomic E-state index is 0.161. The highest BCUT2D eigenvalue weighted by Gasteiger charge is 2.24. The van der Waals surface area contributed by atoms with Gasteiger partial charge in [0.1, 0.15) is 41.0 Å². The third-order valence-electron chi connectivity index (χ3n) is 8.07. The first-order valence-corrected chi connectivity index (χ1v) is 15.4. The van der Waals surface area contributed by atoms with Crippen LogP contribution in [0.2, 0.25) is 0 Å². The summed E-state index contributed by atoms with van der Waals surface area (Å²) in [5.41, 5.74) is 3.47. The first-order valence-electron chi connectivity index (χ1n) is 15.4. The van der Waals surface area contributed by atoms with Gasteiger partial charge in [0.05, 0.1) is 6.54 Å². The summed E-state index contributed by atoms with van der Waals surface area (Å²) in [4.78, 5) is 24.6. The fourth-order valence-electron chi connectivity index (χ4n) is 5.68. The maximum absolute atomic E-state index is 11.2. The number of ketones is 2. The molecule has 0 amide bonds. The number of nitrogens with zero attached hydrogens (tertiary/aromatic N) is 1. The molecule has 0 unspecified atom stereocenters. The average molecular weight is 587 g/mol. The first-order chi connectivity index (χ1) is 20.7. The number of hydrogen-bond acceptors (Lipinski definition) is 7. The molecule has 7 nitrogen and oxygen atoms in total. The molecule has 0 radical (unpaired) electrons. The van der Waals surface area contributed by atoms with Crippen LogP contribution in [0.4, 0.5) is 5.69 Å². The molecule has 0 aliphatic carbocycles. The Balaban J connectivity index is 0.000000208. The van der Waals surface area contributed by atoms with Gasteiger partial charge >= 0.3 is 0 Å². The van der Waals surface area contributed by atoms with E-state index >= 15 is 0 Å². The van der Waals surface area contributed by atoms with Crippen molar-refractivity contribution in [1.82, 2.24) is 5.32 Å². The van der Waals surface area contributed by atoms with Crippen molar-refractivity contribution in [2.45, 2.75) is 77.4 Å². The quantitative estimate of drug-likeness (QED) is 0.260. The molecule has 0 bridgehead atoms. The van der Waals surface area contributed by atoms with Crippen molar-refractivity contribution in [1.29, 1.82) is 0 Å². The van der Waals surface area contributed by atoms with Gasteiger partial charge in [-0.25, -0.2) is 0 Å². The second kappa shape index (κ2) is 15.6. The molecule has 4 atom stereocenters. The molecule has 2 aliphatic rings. The van der Waals surface area contributed by atoms with Crippen LogP contribution >= 0.6 is 0 Å². The molecule has 2 fully saturated rings. The summed E-state index contributed by atoms with van der Waals surface area (Å²) in [5, 5.41) is 12.7. The van der Waals surface area contributed by atoms with E-state index in [1.807, 2.05) is 36.4 Å². The highest BCUT2D eigenvalue weighted by molar-refractivity contribution is 5.76. The molecule has 3 aromatic rings. The fourth-order valence-corrected chi connectivity index (χ4v) is 5.68. The number of rotatable bonds is 11. The van der Waals surface area contributed by atoms with Crippen molar-refractivity contribution in [3.05, 3.63) is 83.9 Å². The predicted octanol–water partition coefficient (Wildman–Crippen LogP) is 6.64. The van der Waals surface area contributed by atoms with Crippen LogP contribution in [0.25, 0.3) is 0 Å². The molecule has 7 heteroatoms. The smallest absolute Gasteiger partial charge is 0.130 e. The maximum Gasteiger partial charge on any atom is 0.130 e. The number of phenolic OH excluding ortho intramolecular Hbond substituents is 1. The minimum atomic E-state index is 0.161. The van der Waals surface area contributed by atoms with Crippen molar-refractivity contribution in [3.8, 4) is 17.2 Å². The van der Waals surface area contributed by atoms with Gasteiger partial charge in [-0.3, -0.25) is 0 Å². The van der Waals surface area contributed by atoms with E-state index in [-0.39, 0.29) is 35.3 Å². The molecular formula is C36H46N2O5. The number of ether oxygens (including phenoxy) is 2. The molecule has 230 valence electrons. The summed E-state index contributed by atoms with van der Waals surface area (Å²) < 4.78 is 12.0. The van der Waals surface area contributed by atoms with E-state index in [0.29, 0.717) is 18.9 Å². The van der Waals surface area contributed by atoms with Gasteiger partial charge < -0.3 is 34.4 Å². The average Bonchev–Trinajstić information content (AvgIpc) is 3.66. The van der Waals surface area contributed by atoms with E-state index in [0.717, 1.165) is 56.2 Å². The zero-order valence-electron chi connectivity index (χ0n) is 25.9. The van der Waals surface area contributed by atoms with Gasteiger partial charge in [-0.05, 0) is 98.3 Å². The van der Waals surface area contributed by atoms with Gasteiger partial charge in [0, 0.05) is 38.0 Å². The molecule has 2 saturated heterocycles. The Bertz CT molecular complexity index is 1300. The van der Waals surface area contributed by atoms with Gasteiger partial charge in [-0.1, -0.05) is 38.1 Å². The number of hydrogen-bond donors (Lipinski definition) is 2. The van der Waals surface area contributed by atoms with Crippen LogP contribution < -0.4 is 19.7 Å². The van der Waals surface area contributed by atoms with E-state index in [4.69, 9.17) is 9.47 Å². The normalized spacial score (nSPS) is 19.2. The number of Topliss-reactive ketones (excluding diaryl/α,β-unsaturated/α-hetero) is 2. The molecule has 3 aromatic carbocycles. The highest BCUT2D eigenvalue weighted by atomic mass is 16.5. The SMILES string of the molecule is CC(=O)C[C@@H](C)c1ccc(O[C@@H]2CCN(c3ccc(O)cc3)C2)cc1.CC(=O)C[C@@H](C)c1ccc(O[C@@H]2CCNC2)cc1. The number of carbonyl (C=O) groups excluding carboxylic acids is 2. The zero-order chi connectivity index (χ0) is 30.8. The topological polar surface area (TPSA) is 88.1 Å². The Morgan fingerprint density at radius 3 is 1.77 bits per heavy atom. The summed E-state index contributed by atoms with van der Waals surface area (Å²) in [6, 6.07) is 23.5. The van der Waals surface area contributed by atoms with Gasteiger partial charge in [0.2, 0.25) is 0 Å². The second-order valence-corrected chi connectivity index (χ2v) is 12.0. The van der Waals surface area contributed by atoms with E-state index in [9.17, 15) is 14.7 Å². The number of aromatic hydroxyl groups is 1. The van der Waals surface area contributed by atoms with Gasteiger partial charge in [0.25, 0.3) is 0 Å². The van der Waals surface area contributed by atoms with Crippen molar-refractivity contribution in [2.24, 2.45) is 0 Å². The Labute approximate surface area is 256 Å². The lowest BCUT2D eigenvalue weighted by Gasteiger charge is -2.19. The van der Waals surface area contributed by atoms with E-state index < -0.39 is 0 Å². The lowest BCUT2D eigenvalue weighted by atomic mass is 9.96. The molecule has 2 N–H and O–H groups in total. The monoisotopic (exact) mass is 586 g/mol. The van der Waals surface area contributed by atoms with Crippen LogP contribution in [0, 0.1) is 0 Å². The summed E-state index contributed by atoms with van der Waals surface area (Å²) in [6.45, 7) is 11.2. The number of nitrogens with one attached hydrogen (secondary N) is 1. The van der Waals surface area contributed by atoms with E-state index in [1.54, 1.807) is 26.0 Å². The maximum atomic E-state index is 11.2. The predicted molar refractivity (Wildman–Crippen MR) is 172 cm³/mol. The molecule has 0 saturated carbocycles. The summed E-state index contributed by atoms with van der Waals surface area (Å²) in [5.74, 6) is 3.05. The fraction of sp³-hybridized carbons (Fsp3) is 0.444. The molecule has 2 heterocycles. The van der Waals surface area contributed by atoms with Crippen molar-refractivity contribution in [3.63, 3.8) is 0 Å². The van der Waals surface area contributed by atoms with Crippen molar-refractivity contribution >= 4 is 17.3 Å². The minimum Gasteiger partial charge on any atom is -0.508 e. The number of carbonyl (C=O) groups is 2. The highest BCUT2D eigenvalue weighted by Crippen LogP contribution is 2.27. The number of anilines is 1. The Morgan fingerprint density at radius 2 is 1.30 bits per heavy atom. The number of phenols is 1. The van der Waals surface area contributed by atoms with Crippen LogP contribution in [-0.2, 0) is 9.59 Å². The van der Waals surface area contributed by atoms with Crippen LogP contribution in [0.3, 0.4) is 0 Å². The zero-order valence-corrected chi connectivity index (χ0v) is 25.9. The first kappa shape index (κ1) is 32.1. The van der Waals surface area contributed by atoms with Crippen LogP contribution in [0.5, 0.6) is 17.2 Å². The summed E-state index contributed by atoms with van der Waals surface area (Å²) in [6.07, 6.45) is 3.68. The molecule has 2 aliphatic heterocycles. The van der Waals surface area contributed by atoms with Crippen molar-refractivity contribution < 1.29 is 24.2 Å². The molecule has 43 heavy (non-hydrogen) atoms.